The van der Waals surface area contributed by atoms with Crippen molar-refractivity contribution in [3.05, 3.63) is 65.2 Å². The van der Waals surface area contributed by atoms with Crippen LogP contribution in [0.25, 0.3) is 0 Å². The van der Waals surface area contributed by atoms with Gasteiger partial charge in [-0.05, 0) is 55.5 Å². The first-order chi connectivity index (χ1) is 14.5. The van der Waals surface area contributed by atoms with Crippen molar-refractivity contribution in [2.24, 2.45) is 0 Å². The van der Waals surface area contributed by atoms with Crippen molar-refractivity contribution in [1.82, 2.24) is 14.7 Å². The van der Waals surface area contributed by atoms with Gasteiger partial charge in [0.05, 0.1) is 0 Å². The Hall–Kier alpha value is -3.02. The van der Waals surface area contributed by atoms with E-state index in [1.807, 2.05) is 58.9 Å². The zero-order valence-electron chi connectivity index (χ0n) is 17.8. The summed E-state index contributed by atoms with van der Waals surface area (Å²) in [6, 6.07) is 16.5. The molecule has 0 saturated carbocycles. The maximum Gasteiger partial charge on any atom is 0.321 e. The lowest BCUT2D eigenvalue weighted by molar-refractivity contribution is 0.139. The molecule has 4 amide bonds. The monoisotopic (exact) mass is 406 g/mol. The van der Waals surface area contributed by atoms with Crippen molar-refractivity contribution < 1.29 is 9.59 Å². The molecule has 0 radical (unpaired) electrons. The van der Waals surface area contributed by atoms with E-state index < -0.39 is 0 Å². The van der Waals surface area contributed by atoms with Crippen LogP contribution in [0, 0.1) is 13.8 Å². The fraction of sp³-hybridized carbons (Fsp3) is 0.417. The third kappa shape index (κ3) is 4.58. The van der Waals surface area contributed by atoms with Gasteiger partial charge in [-0.15, -0.1) is 0 Å². The molecule has 2 aliphatic rings. The molecule has 6 nitrogen and oxygen atoms in total. The van der Waals surface area contributed by atoms with E-state index in [1.165, 1.54) is 0 Å². The fourth-order valence-electron chi connectivity index (χ4n) is 4.52. The van der Waals surface area contributed by atoms with E-state index in [4.69, 9.17) is 0 Å². The van der Waals surface area contributed by atoms with Gasteiger partial charge in [0.1, 0.15) is 0 Å². The highest BCUT2D eigenvalue weighted by molar-refractivity contribution is 5.89. The average molecular weight is 407 g/mol. The number of aryl methyl sites for hydroxylation is 2. The maximum absolute atomic E-state index is 12.9. The van der Waals surface area contributed by atoms with E-state index in [-0.39, 0.29) is 18.1 Å². The third-order valence-corrected chi connectivity index (χ3v) is 6.01. The molecule has 0 bridgehead atoms. The summed E-state index contributed by atoms with van der Waals surface area (Å²) in [6.07, 6.45) is 1.65. The Bertz CT molecular complexity index is 886. The van der Waals surface area contributed by atoms with Gasteiger partial charge in [-0.3, -0.25) is 0 Å². The lowest BCUT2D eigenvalue weighted by Gasteiger charge is -2.36. The minimum Gasteiger partial charge on any atom is -0.324 e. The number of nitrogens with one attached hydrogen (secondary N) is 1. The molecular formula is C24H30N4O2. The molecule has 2 aromatic rings. The van der Waals surface area contributed by atoms with Crippen molar-refractivity contribution >= 4 is 17.7 Å². The van der Waals surface area contributed by atoms with Crippen LogP contribution < -0.4 is 5.32 Å². The minimum atomic E-state index is -0.0584. The molecule has 0 atom stereocenters. The summed E-state index contributed by atoms with van der Waals surface area (Å²) in [5.41, 5.74) is 4.27. The van der Waals surface area contributed by atoms with E-state index in [1.54, 1.807) is 0 Å². The fourth-order valence-corrected chi connectivity index (χ4v) is 4.52. The molecular weight excluding hydrogens is 376 g/mol. The van der Waals surface area contributed by atoms with Crippen LogP contribution in [0.1, 0.15) is 29.5 Å². The number of amides is 4. The van der Waals surface area contributed by atoms with Gasteiger partial charge in [-0.25, -0.2) is 9.59 Å². The van der Waals surface area contributed by atoms with Crippen molar-refractivity contribution in [2.45, 2.75) is 39.3 Å². The summed E-state index contributed by atoms with van der Waals surface area (Å²) >= 11 is 0. The zero-order valence-corrected chi connectivity index (χ0v) is 17.8. The zero-order chi connectivity index (χ0) is 21.1. The Morgan fingerprint density at radius 3 is 2.30 bits per heavy atom. The first-order valence-corrected chi connectivity index (χ1v) is 10.7. The molecule has 2 aliphatic heterocycles. The standard InChI is InChI=1S/C24H30N4O2/c1-18-14-19(2)16-21(15-18)25-23(29)26-10-8-22(9-11-26)28-13-12-27(24(28)30)17-20-6-4-3-5-7-20/h3-7,14-16,22H,8-13,17H2,1-2H3,(H,25,29). The Morgan fingerprint density at radius 2 is 1.63 bits per heavy atom. The topological polar surface area (TPSA) is 55.9 Å². The van der Waals surface area contributed by atoms with Crippen molar-refractivity contribution in [3.8, 4) is 0 Å². The number of rotatable bonds is 4. The van der Waals surface area contributed by atoms with Gasteiger partial charge in [0.15, 0.2) is 0 Å². The van der Waals surface area contributed by atoms with Gasteiger partial charge in [0.25, 0.3) is 0 Å². The predicted octanol–water partition coefficient (Wildman–Crippen LogP) is 4.24. The summed E-state index contributed by atoms with van der Waals surface area (Å²) in [6.45, 7) is 7.59. The molecule has 158 valence electrons. The number of urea groups is 2. The molecule has 0 aromatic heterocycles. The number of carbonyl (C=O) groups is 2. The number of anilines is 1. The quantitative estimate of drug-likeness (QED) is 0.826. The highest BCUT2D eigenvalue weighted by Crippen LogP contribution is 2.23. The van der Waals surface area contributed by atoms with Gasteiger partial charge in [0, 0.05) is 44.5 Å². The first kappa shape index (κ1) is 20.3. The van der Waals surface area contributed by atoms with E-state index >= 15 is 0 Å². The number of piperidine rings is 1. The summed E-state index contributed by atoms with van der Waals surface area (Å²) in [5.74, 6) is 0. The van der Waals surface area contributed by atoms with E-state index in [2.05, 4.69) is 23.5 Å². The van der Waals surface area contributed by atoms with Crippen LogP contribution >= 0.6 is 0 Å². The summed E-state index contributed by atoms with van der Waals surface area (Å²) in [7, 11) is 0. The van der Waals surface area contributed by atoms with Gasteiger partial charge in [-0.2, -0.15) is 0 Å². The second kappa shape index (κ2) is 8.78. The number of nitrogens with zero attached hydrogens (tertiary/aromatic N) is 3. The van der Waals surface area contributed by atoms with Crippen LogP contribution in [0.4, 0.5) is 15.3 Å². The molecule has 4 rings (SSSR count). The Balaban J connectivity index is 1.29. The number of benzene rings is 2. The molecule has 2 fully saturated rings. The SMILES string of the molecule is Cc1cc(C)cc(NC(=O)N2CCC(N3CCN(Cc4ccccc4)C3=O)CC2)c1. The first-order valence-electron chi connectivity index (χ1n) is 10.7. The highest BCUT2D eigenvalue weighted by Gasteiger charge is 2.35. The van der Waals surface area contributed by atoms with Crippen molar-refractivity contribution in [3.63, 3.8) is 0 Å². The number of hydrogen-bond donors (Lipinski definition) is 1. The molecule has 0 spiro atoms. The average Bonchev–Trinajstić information content (AvgIpc) is 3.08. The summed E-state index contributed by atoms with van der Waals surface area (Å²) in [5, 5.41) is 3.02. The van der Waals surface area contributed by atoms with Gasteiger partial charge in [-0.1, -0.05) is 36.4 Å². The Morgan fingerprint density at radius 1 is 0.967 bits per heavy atom. The van der Waals surface area contributed by atoms with Crippen LogP contribution in [-0.4, -0.2) is 59.0 Å². The van der Waals surface area contributed by atoms with E-state index in [9.17, 15) is 9.59 Å². The molecule has 0 unspecified atom stereocenters. The number of likely N-dealkylation sites (tertiary alicyclic amines) is 1. The van der Waals surface area contributed by atoms with E-state index in [0.717, 1.165) is 48.3 Å². The van der Waals surface area contributed by atoms with Gasteiger partial charge in [0.2, 0.25) is 0 Å². The van der Waals surface area contributed by atoms with Crippen molar-refractivity contribution in [1.29, 1.82) is 0 Å². The largest absolute Gasteiger partial charge is 0.324 e. The highest BCUT2D eigenvalue weighted by atomic mass is 16.2. The molecule has 30 heavy (non-hydrogen) atoms. The summed E-state index contributed by atoms with van der Waals surface area (Å²) < 4.78 is 0. The normalized spacial score (nSPS) is 17.5. The van der Waals surface area contributed by atoms with Crippen LogP contribution in [0.15, 0.2) is 48.5 Å². The molecule has 2 saturated heterocycles. The van der Waals surface area contributed by atoms with Crippen LogP contribution in [0.3, 0.4) is 0 Å². The van der Waals surface area contributed by atoms with Crippen LogP contribution in [0.2, 0.25) is 0 Å². The van der Waals surface area contributed by atoms with Gasteiger partial charge < -0.3 is 20.0 Å². The van der Waals surface area contributed by atoms with Crippen LogP contribution in [0.5, 0.6) is 0 Å². The lowest BCUT2D eigenvalue weighted by atomic mass is 10.0. The second-order valence-corrected chi connectivity index (χ2v) is 8.41. The molecule has 2 aromatic carbocycles. The predicted molar refractivity (Wildman–Crippen MR) is 118 cm³/mol. The smallest absolute Gasteiger partial charge is 0.321 e. The molecule has 0 aliphatic carbocycles. The molecule has 2 heterocycles. The molecule has 1 N–H and O–H groups in total. The third-order valence-electron chi connectivity index (χ3n) is 6.01. The van der Waals surface area contributed by atoms with Crippen molar-refractivity contribution in [2.75, 3.05) is 31.5 Å². The Kier molecular flexibility index (Phi) is 5.93. The maximum atomic E-state index is 12.9. The second-order valence-electron chi connectivity index (χ2n) is 8.41. The van der Waals surface area contributed by atoms with E-state index in [0.29, 0.717) is 19.6 Å². The minimum absolute atomic E-state index is 0.0584. The van der Waals surface area contributed by atoms with Crippen LogP contribution in [-0.2, 0) is 6.54 Å². The number of carbonyl (C=O) groups excluding carboxylic acids is 2. The van der Waals surface area contributed by atoms with Gasteiger partial charge >= 0.3 is 12.1 Å². The lowest BCUT2D eigenvalue weighted by Crippen LogP contribution is -2.49. The molecule has 6 heteroatoms. The summed E-state index contributed by atoms with van der Waals surface area (Å²) in [4.78, 5) is 31.3. The Labute approximate surface area is 178 Å². The number of hydrogen-bond acceptors (Lipinski definition) is 2.